The first kappa shape index (κ1) is 16.3. The van der Waals surface area contributed by atoms with Crippen molar-refractivity contribution in [3.63, 3.8) is 0 Å². The number of amides is 1. The third kappa shape index (κ3) is 2.62. The predicted octanol–water partition coefficient (Wildman–Crippen LogP) is 3.33. The number of H-pyrrole nitrogens is 2. The molecule has 0 aliphatic heterocycles. The molecule has 3 heterocycles. The Bertz CT molecular complexity index is 1130. The van der Waals surface area contributed by atoms with Crippen LogP contribution in [-0.4, -0.2) is 31.1 Å². The van der Waals surface area contributed by atoms with E-state index < -0.39 is 5.91 Å². The standard InChI is InChI=1S/C18H15ClN6O/c1-2-9-3-4-10(19)5-11(9)15-12(17(20)26)6-14(24-15)16-13-7-23-25-18(13)22-8-21-16/h3-8,24H,2H2,1H3,(H2,20,26)(H,21,22,23,25). The maximum absolute atomic E-state index is 12.1. The highest BCUT2D eigenvalue weighted by atomic mass is 35.5. The van der Waals surface area contributed by atoms with E-state index in [1.54, 1.807) is 12.3 Å². The molecule has 0 radical (unpaired) electrons. The number of nitrogens with one attached hydrogen (secondary N) is 2. The van der Waals surface area contributed by atoms with Crippen molar-refractivity contribution in [3.8, 4) is 22.6 Å². The van der Waals surface area contributed by atoms with Crippen LogP contribution in [0.25, 0.3) is 33.7 Å². The van der Waals surface area contributed by atoms with Gasteiger partial charge in [-0.1, -0.05) is 24.6 Å². The molecule has 0 spiro atoms. The van der Waals surface area contributed by atoms with Crippen LogP contribution < -0.4 is 5.73 Å². The zero-order chi connectivity index (χ0) is 18.3. The summed E-state index contributed by atoms with van der Waals surface area (Å²) in [6.07, 6.45) is 3.88. The Balaban J connectivity index is 1.97. The lowest BCUT2D eigenvalue weighted by Gasteiger charge is -2.08. The molecule has 8 heteroatoms. The van der Waals surface area contributed by atoms with Crippen LogP contribution in [0.3, 0.4) is 0 Å². The van der Waals surface area contributed by atoms with Gasteiger partial charge in [0.15, 0.2) is 5.65 Å². The second-order valence-electron chi connectivity index (χ2n) is 5.85. The van der Waals surface area contributed by atoms with E-state index in [-0.39, 0.29) is 0 Å². The second-order valence-corrected chi connectivity index (χ2v) is 6.28. The summed E-state index contributed by atoms with van der Waals surface area (Å²) >= 11 is 6.18. The van der Waals surface area contributed by atoms with E-state index in [1.807, 2.05) is 25.1 Å². The molecular formula is C18H15ClN6O. The van der Waals surface area contributed by atoms with Gasteiger partial charge in [-0.15, -0.1) is 0 Å². The molecule has 0 unspecified atom stereocenters. The van der Waals surface area contributed by atoms with Crippen LogP contribution in [0, 0.1) is 0 Å². The number of benzene rings is 1. The van der Waals surface area contributed by atoms with E-state index in [2.05, 4.69) is 25.1 Å². The number of hydrogen-bond acceptors (Lipinski definition) is 4. The van der Waals surface area contributed by atoms with Crippen molar-refractivity contribution >= 4 is 28.5 Å². The van der Waals surface area contributed by atoms with Gasteiger partial charge in [-0.05, 0) is 30.2 Å². The summed E-state index contributed by atoms with van der Waals surface area (Å²) in [5.74, 6) is -0.526. The van der Waals surface area contributed by atoms with Crippen molar-refractivity contribution in [2.75, 3.05) is 0 Å². The summed E-state index contributed by atoms with van der Waals surface area (Å²) < 4.78 is 0. The number of fused-ring (bicyclic) bond motifs is 1. The van der Waals surface area contributed by atoms with Crippen molar-refractivity contribution < 1.29 is 4.79 Å². The Morgan fingerprint density at radius 1 is 1.27 bits per heavy atom. The lowest BCUT2D eigenvalue weighted by molar-refractivity contribution is 0.100. The lowest BCUT2D eigenvalue weighted by atomic mass is 10.00. The highest BCUT2D eigenvalue weighted by Gasteiger charge is 2.20. The number of nitrogens with two attached hydrogens (primary N) is 1. The van der Waals surface area contributed by atoms with Crippen molar-refractivity contribution in [1.82, 2.24) is 25.1 Å². The second kappa shape index (κ2) is 6.27. The summed E-state index contributed by atoms with van der Waals surface area (Å²) in [6, 6.07) is 7.31. The number of halogens is 1. The number of aromatic amines is 2. The molecule has 0 bridgehead atoms. The van der Waals surface area contributed by atoms with Crippen LogP contribution in [0.5, 0.6) is 0 Å². The Morgan fingerprint density at radius 3 is 2.88 bits per heavy atom. The van der Waals surface area contributed by atoms with E-state index >= 15 is 0 Å². The minimum atomic E-state index is -0.526. The molecule has 4 rings (SSSR count). The average Bonchev–Trinajstić information content (AvgIpc) is 3.28. The number of carbonyl (C=O) groups is 1. The molecule has 0 aliphatic carbocycles. The maximum Gasteiger partial charge on any atom is 0.250 e. The van der Waals surface area contributed by atoms with Gasteiger partial charge in [-0.25, -0.2) is 9.97 Å². The van der Waals surface area contributed by atoms with Gasteiger partial charge in [0.25, 0.3) is 5.91 Å². The molecule has 0 saturated carbocycles. The summed E-state index contributed by atoms with van der Waals surface area (Å²) in [5.41, 5.74) is 10.4. The minimum absolute atomic E-state index is 0.382. The molecule has 0 atom stereocenters. The molecule has 0 fully saturated rings. The average molecular weight is 367 g/mol. The molecular weight excluding hydrogens is 352 g/mol. The lowest BCUT2D eigenvalue weighted by Crippen LogP contribution is -2.11. The van der Waals surface area contributed by atoms with Gasteiger partial charge in [-0.2, -0.15) is 5.10 Å². The molecule has 0 aliphatic rings. The van der Waals surface area contributed by atoms with Crippen LogP contribution in [0.1, 0.15) is 22.8 Å². The molecule has 7 nitrogen and oxygen atoms in total. The van der Waals surface area contributed by atoms with E-state index in [9.17, 15) is 4.79 Å². The van der Waals surface area contributed by atoms with Gasteiger partial charge in [-0.3, -0.25) is 9.89 Å². The molecule has 3 aromatic heterocycles. The molecule has 1 aromatic carbocycles. The fourth-order valence-electron chi connectivity index (χ4n) is 3.06. The fourth-order valence-corrected chi connectivity index (χ4v) is 3.23. The van der Waals surface area contributed by atoms with Gasteiger partial charge in [0.2, 0.25) is 0 Å². The summed E-state index contributed by atoms with van der Waals surface area (Å²) in [4.78, 5) is 23.8. The Hall–Kier alpha value is -3.19. The molecule has 1 amide bonds. The Morgan fingerprint density at radius 2 is 2.12 bits per heavy atom. The van der Waals surface area contributed by atoms with Crippen molar-refractivity contribution in [2.45, 2.75) is 13.3 Å². The smallest absolute Gasteiger partial charge is 0.250 e. The number of aryl methyl sites for hydroxylation is 1. The molecule has 4 N–H and O–H groups in total. The maximum atomic E-state index is 12.1. The van der Waals surface area contributed by atoms with Crippen LogP contribution in [-0.2, 0) is 6.42 Å². The molecule has 4 aromatic rings. The highest BCUT2D eigenvalue weighted by molar-refractivity contribution is 6.31. The summed E-state index contributed by atoms with van der Waals surface area (Å²) in [7, 11) is 0. The van der Waals surface area contributed by atoms with Gasteiger partial charge in [0.05, 0.1) is 28.5 Å². The normalized spacial score (nSPS) is 11.2. The largest absolute Gasteiger partial charge is 0.366 e. The Kier molecular flexibility index (Phi) is 3.93. The topological polar surface area (TPSA) is 113 Å². The van der Waals surface area contributed by atoms with Crippen LogP contribution in [0.2, 0.25) is 5.02 Å². The number of primary amides is 1. The zero-order valence-electron chi connectivity index (χ0n) is 13.9. The van der Waals surface area contributed by atoms with Crippen LogP contribution >= 0.6 is 11.6 Å². The fraction of sp³-hybridized carbons (Fsp3) is 0.111. The number of rotatable bonds is 4. The first-order valence-corrected chi connectivity index (χ1v) is 8.42. The number of hydrogen-bond donors (Lipinski definition) is 3. The monoisotopic (exact) mass is 366 g/mol. The van der Waals surface area contributed by atoms with Crippen molar-refractivity contribution in [2.24, 2.45) is 5.73 Å². The quantitative estimate of drug-likeness (QED) is 0.514. The third-order valence-electron chi connectivity index (χ3n) is 4.31. The van der Waals surface area contributed by atoms with Gasteiger partial charge < -0.3 is 10.7 Å². The first-order valence-electron chi connectivity index (χ1n) is 8.04. The summed E-state index contributed by atoms with van der Waals surface area (Å²) in [5, 5.41) is 8.14. The van der Waals surface area contributed by atoms with Crippen LogP contribution in [0.15, 0.2) is 36.8 Å². The van der Waals surface area contributed by atoms with Gasteiger partial charge in [0, 0.05) is 10.6 Å². The SMILES string of the molecule is CCc1ccc(Cl)cc1-c1[nH]c(-c2ncnc3[nH]ncc23)cc1C(N)=O. The minimum Gasteiger partial charge on any atom is -0.366 e. The van der Waals surface area contributed by atoms with Gasteiger partial charge in [0.1, 0.15) is 12.0 Å². The zero-order valence-corrected chi connectivity index (χ0v) is 14.6. The summed E-state index contributed by atoms with van der Waals surface area (Å²) in [6.45, 7) is 2.04. The van der Waals surface area contributed by atoms with E-state index in [0.29, 0.717) is 33.3 Å². The number of nitrogens with zero attached hydrogens (tertiary/aromatic N) is 3. The van der Waals surface area contributed by atoms with Crippen molar-refractivity contribution in [3.05, 3.63) is 52.9 Å². The van der Waals surface area contributed by atoms with Crippen LogP contribution in [0.4, 0.5) is 0 Å². The molecule has 130 valence electrons. The number of aromatic nitrogens is 5. The third-order valence-corrected chi connectivity index (χ3v) is 4.54. The highest BCUT2D eigenvalue weighted by Crippen LogP contribution is 2.33. The predicted molar refractivity (Wildman–Crippen MR) is 99.8 cm³/mol. The number of carbonyl (C=O) groups excluding carboxylic acids is 1. The van der Waals surface area contributed by atoms with E-state index in [0.717, 1.165) is 22.9 Å². The molecule has 0 saturated heterocycles. The van der Waals surface area contributed by atoms with Crippen molar-refractivity contribution in [1.29, 1.82) is 0 Å². The van der Waals surface area contributed by atoms with Gasteiger partial charge >= 0.3 is 0 Å². The van der Waals surface area contributed by atoms with E-state index in [4.69, 9.17) is 17.3 Å². The Labute approximate surface area is 153 Å². The molecule has 26 heavy (non-hydrogen) atoms. The van der Waals surface area contributed by atoms with E-state index in [1.165, 1.54) is 6.33 Å². The first-order chi connectivity index (χ1) is 12.6.